The Morgan fingerprint density at radius 1 is 0.328 bits per heavy atom. The Morgan fingerprint density at radius 2 is 0.609 bits per heavy atom. The Morgan fingerprint density at radius 3 is 0.984 bits per heavy atom. The molecular formula is C58H102O6. The maximum absolute atomic E-state index is 12.8. The lowest BCUT2D eigenvalue weighted by atomic mass is 10.0. The summed E-state index contributed by atoms with van der Waals surface area (Å²) in [5.41, 5.74) is 0. The molecule has 0 heterocycles. The maximum atomic E-state index is 12.8. The zero-order valence-electron chi connectivity index (χ0n) is 42.3. The van der Waals surface area contributed by atoms with E-state index in [2.05, 4.69) is 81.5 Å². The highest BCUT2D eigenvalue weighted by Crippen LogP contribution is 2.16. The van der Waals surface area contributed by atoms with Crippen LogP contribution >= 0.6 is 0 Å². The molecule has 0 amide bonds. The summed E-state index contributed by atoms with van der Waals surface area (Å²) in [6.45, 7) is 6.39. The first kappa shape index (κ1) is 61.1. The second kappa shape index (κ2) is 52.7. The lowest BCUT2D eigenvalue weighted by Gasteiger charge is -2.18. The van der Waals surface area contributed by atoms with Gasteiger partial charge in [0.15, 0.2) is 6.10 Å². The van der Waals surface area contributed by atoms with Gasteiger partial charge in [0.25, 0.3) is 0 Å². The predicted octanol–water partition coefficient (Wildman–Crippen LogP) is 18.0. The molecule has 0 aliphatic rings. The summed E-state index contributed by atoms with van der Waals surface area (Å²) in [4.78, 5) is 38.0. The van der Waals surface area contributed by atoms with E-state index in [1.807, 2.05) is 0 Å². The average molecular weight is 895 g/mol. The molecular weight excluding hydrogens is 793 g/mol. The van der Waals surface area contributed by atoms with Gasteiger partial charge in [-0.05, 0) is 77.0 Å². The predicted molar refractivity (Wildman–Crippen MR) is 275 cm³/mol. The van der Waals surface area contributed by atoms with Crippen LogP contribution in [0.1, 0.15) is 271 Å². The number of carbonyl (C=O) groups is 3. The fourth-order valence-corrected chi connectivity index (χ4v) is 7.73. The Labute approximate surface area is 396 Å². The van der Waals surface area contributed by atoms with Crippen molar-refractivity contribution in [3.63, 3.8) is 0 Å². The summed E-state index contributed by atoms with van der Waals surface area (Å²) in [5.74, 6) is -0.919. The van der Waals surface area contributed by atoms with Gasteiger partial charge in [0.05, 0.1) is 0 Å². The lowest BCUT2D eigenvalue weighted by Crippen LogP contribution is -2.30. The highest BCUT2D eigenvalue weighted by Gasteiger charge is 2.19. The molecule has 0 spiro atoms. The summed E-state index contributed by atoms with van der Waals surface area (Å²) in [7, 11) is 0. The largest absolute Gasteiger partial charge is 0.462 e. The summed E-state index contributed by atoms with van der Waals surface area (Å²) >= 11 is 0. The standard InChI is InChI=1S/C58H102O6/c1-4-7-10-13-16-19-21-23-25-27-29-31-32-34-36-39-42-45-48-51-57(60)63-54-55(53-62-56(59)50-47-44-41-38-18-15-12-9-6-3)64-58(61)52-49-46-43-40-37-35-33-30-28-26-24-22-20-17-14-11-8-5-2/h7,9-10,12,16,18-19,23,25,38,55H,4-6,8,11,13-15,17,20-22,24,26-37,39-54H2,1-3H3/b10-7-,12-9-,19-16-,25-23-,38-18-. The molecule has 0 rings (SSSR count). The molecule has 0 aromatic heterocycles. The molecule has 370 valence electrons. The van der Waals surface area contributed by atoms with Crippen molar-refractivity contribution in [3.8, 4) is 0 Å². The molecule has 6 nitrogen and oxygen atoms in total. The van der Waals surface area contributed by atoms with E-state index in [1.165, 1.54) is 141 Å². The van der Waals surface area contributed by atoms with E-state index in [1.54, 1.807) is 0 Å². The highest BCUT2D eigenvalue weighted by molar-refractivity contribution is 5.71. The first-order chi connectivity index (χ1) is 31.5. The molecule has 0 radical (unpaired) electrons. The fourth-order valence-electron chi connectivity index (χ4n) is 7.73. The molecule has 0 saturated heterocycles. The molecule has 0 aliphatic carbocycles. The third-order valence-corrected chi connectivity index (χ3v) is 11.8. The van der Waals surface area contributed by atoms with E-state index in [-0.39, 0.29) is 31.1 Å². The van der Waals surface area contributed by atoms with Crippen LogP contribution in [0.3, 0.4) is 0 Å². The fraction of sp³-hybridized carbons (Fsp3) is 0.776. The first-order valence-corrected chi connectivity index (χ1v) is 27.3. The van der Waals surface area contributed by atoms with Crippen molar-refractivity contribution in [1.82, 2.24) is 0 Å². The normalized spacial score (nSPS) is 12.5. The average Bonchev–Trinajstić information content (AvgIpc) is 3.29. The molecule has 64 heavy (non-hydrogen) atoms. The van der Waals surface area contributed by atoms with Gasteiger partial charge in [-0.15, -0.1) is 0 Å². The van der Waals surface area contributed by atoms with Gasteiger partial charge in [0, 0.05) is 19.3 Å². The van der Waals surface area contributed by atoms with E-state index in [0.717, 1.165) is 89.9 Å². The molecule has 0 N–H and O–H groups in total. The number of unbranched alkanes of at least 4 members (excludes halogenated alkanes) is 28. The molecule has 0 aromatic carbocycles. The van der Waals surface area contributed by atoms with Crippen molar-refractivity contribution in [2.75, 3.05) is 13.2 Å². The van der Waals surface area contributed by atoms with E-state index >= 15 is 0 Å². The van der Waals surface area contributed by atoms with E-state index in [0.29, 0.717) is 19.3 Å². The molecule has 0 bridgehead atoms. The van der Waals surface area contributed by atoms with E-state index in [4.69, 9.17) is 14.2 Å². The Balaban J connectivity index is 4.28. The monoisotopic (exact) mass is 895 g/mol. The van der Waals surface area contributed by atoms with Crippen molar-refractivity contribution in [2.45, 2.75) is 277 Å². The van der Waals surface area contributed by atoms with Crippen molar-refractivity contribution in [3.05, 3.63) is 60.8 Å². The van der Waals surface area contributed by atoms with Gasteiger partial charge >= 0.3 is 17.9 Å². The van der Waals surface area contributed by atoms with Crippen LogP contribution in [0.2, 0.25) is 0 Å². The Bertz CT molecular complexity index is 1170. The minimum absolute atomic E-state index is 0.0853. The molecule has 0 aromatic rings. The molecule has 0 saturated carbocycles. The first-order valence-electron chi connectivity index (χ1n) is 27.3. The van der Waals surface area contributed by atoms with Crippen molar-refractivity contribution in [1.29, 1.82) is 0 Å². The number of esters is 3. The molecule has 0 fully saturated rings. The third-order valence-electron chi connectivity index (χ3n) is 11.8. The van der Waals surface area contributed by atoms with Crippen LogP contribution in [0.15, 0.2) is 60.8 Å². The van der Waals surface area contributed by atoms with Gasteiger partial charge in [-0.25, -0.2) is 0 Å². The highest BCUT2D eigenvalue weighted by atomic mass is 16.6. The minimum atomic E-state index is -0.786. The van der Waals surface area contributed by atoms with Crippen LogP contribution in [0, 0.1) is 0 Å². The van der Waals surface area contributed by atoms with E-state index < -0.39 is 6.10 Å². The second-order valence-corrected chi connectivity index (χ2v) is 18.1. The van der Waals surface area contributed by atoms with Gasteiger partial charge in [0.2, 0.25) is 0 Å². The zero-order valence-corrected chi connectivity index (χ0v) is 42.3. The number of ether oxygens (including phenoxy) is 3. The maximum Gasteiger partial charge on any atom is 0.306 e. The van der Waals surface area contributed by atoms with Crippen LogP contribution in [0.4, 0.5) is 0 Å². The second-order valence-electron chi connectivity index (χ2n) is 18.1. The van der Waals surface area contributed by atoms with Crippen molar-refractivity contribution in [2.24, 2.45) is 0 Å². The SMILES string of the molecule is CC/C=C\C/C=C\C/C=C\CCCCCCCCCCCC(=O)OCC(COC(=O)CCCC/C=C\C/C=C\CC)OC(=O)CCCCCCCCCCCCCCCCCCCC. The summed E-state index contributed by atoms with van der Waals surface area (Å²) < 4.78 is 16.8. The number of allylic oxidation sites excluding steroid dienone is 10. The van der Waals surface area contributed by atoms with Gasteiger partial charge < -0.3 is 14.2 Å². The summed E-state index contributed by atoms with van der Waals surface area (Å²) in [6.07, 6.45) is 65.1. The van der Waals surface area contributed by atoms with Crippen LogP contribution in [0.5, 0.6) is 0 Å². The number of hydrogen-bond acceptors (Lipinski definition) is 6. The molecule has 1 unspecified atom stereocenters. The number of carbonyl (C=O) groups excluding carboxylic acids is 3. The smallest absolute Gasteiger partial charge is 0.306 e. The molecule has 1 atom stereocenters. The minimum Gasteiger partial charge on any atom is -0.462 e. The topological polar surface area (TPSA) is 78.9 Å². The quantitative estimate of drug-likeness (QED) is 0.0262. The van der Waals surface area contributed by atoms with Crippen LogP contribution in [0.25, 0.3) is 0 Å². The van der Waals surface area contributed by atoms with Crippen molar-refractivity contribution < 1.29 is 28.6 Å². The van der Waals surface area contributed by atoms with Gasteiger partial charge in [-0.3, -0.25) is 14.4 Å². The Kier molecular flexibility index (Phi) is 50.4. The third kappa shape index (κ3) is 50.1. The number of hydrogen-bond donors (Lipinski definition) is 0. The Hall–Kier alpha value is -2.89. The van der Waals surface area contributed by atoms with Crippen molar-refractivity contribution >= 4 is 17.9 Å². The van der Waals surface area contributed by atoms with Crippen LogP contribution < -0.4 is 0 Å². The summed E-state index contributed by atoms with van der Waals surface area (Å²) in [6, 6.07) is 0. The van der Waals surface area contributed by atoms with Crippen LogP contribution in [-0.4, -0.2) is 37.2 Å². The molecule has 0 aliphatic heterocycles. The lowest BCUT2D eigenvalue weighted by molar-refractivity contribution is -0.167. The molecule has 6 heteroatoms. The van der Waals surface area contributed by atoms with E-state index in [9.17, 15) is 14.4 Å². The van der Waals surface area contributed by atoms with Gasteiger partial charge in [0.1, 0.15) is 13.2 Å². The van der Waals surface area contributed by atoms with Gasteiger partial charge in [-0.1, -0.05) is 236 Å². The zero-order chi connectivity index (χ0) is 46.5. The summed E-state index contributed by atoms with van der Waals surface area (Å²) in [5, 5.41) is 0. The van der Waals surface area contributed by atoms with Gasteiger partial charge in [-0.2, -0.15) is 0 Å². The number of rotatable bonds is 49. The van der Waals surface area contributed by atoms with Crippen LogP contribution in [-0.2, 0) is 28.6 Å².